The minimum absolute atomic E-state index is 0.539. The second-order valence-corrected chi connectivity index (χ2v) is 5.48. The Labute approximate surface area is 118 Å². The number of hydrogen-bond acceptors (Lipinski definition) is 3. The molecular formula is C14H22BrNO2. The number of nitrogens with one attached hydrogen (secondary N) is 1. The maximum absolute atomic E-state index is 5.72. The van der Waals surface area contributed by atoms with Crippen molar-refractivity contribution in [1.82, 2.24) is 5.32 Å². The molecule has 0 spiro atoms. The summed E-state index contributed by atoms with van der Waals surface area (Å²) in [5.41, 5.74) is 1.20. The monoisotopic (exact) mass is 315 g/mol. The van der Waals surface area contributed by atoms with E-state index in [0.717, 1.165) is 36.5 Å². The van der Waals surface area contributed by atoms with E-state index in [2.05, 4.69) is 41.2 Å². The quantitative estimate of drug-likeness (QED) is 0.747. The molecule has 0 heterocycles. The van der Waals surface area contributed by atoms with Crippen LogP contribution in [-0.4, -0.2) is 26.9 Å². The number of benzene rings is 1. The molecule has 102 valence electrons. The van der Waals surface area contributed by atoms with Crippen LogP contribution in [0.4, 0.5) is 0 Å². The predicted molar refractivity (Wildman–Crippen MR) is 78.1 cm³/mol. The largest absolute Gasteiger partial charge is 0.493 e. The summed E-state index contributed by atoms with van der Waals surface area (Å²) in [5, 5.41) is 3.32. The smallest absolute Gasteiger partial charge is 0.119 e. The van der Waals surface area contributed by atoms with Gasteiger partial charge in [0.25, 0.3) is 0 Å². The van der Waals surface area contributed by atoms with E-state index < -0.39 is 0 Å². The zero-order chi connectivity index (χ0) is 13.4. The minimum atomic E-state index is 0.539. The third kappa shape index (κ3) is 5.85. The maximum atomic E-state index is 5.72. The molecule has 0 aliphatic rings. The second-order valence-electron chi connectivity index (χ2n) is 4.63. The van der Waals surface area contributed by atoms with Crippen molar-refractivity contribution in [3.8, 4) is 5.75 Å². The van der Waals surface area contributed by atoms with Crippen molar-refractivity contribution in [3.05, 3.63) is 28.2 Å². The third-order valence-corrected chi connectivity index (χ3v) is 3.17. The van der Waals surface area contributed by atoms with E-state index in [9.17, 15) is 0 Å². The number of hydrogen-bond donors (Lipinski definition) is 1. The van der Waals surface area contributed by atoms with Gasteiger partial charge in [-0.15, -0.1) is 0 Å². The highest BCUT2D eigenvalue weighted by atomic mass is 79.9. The Bertz CT molecular complexity index is 356. The summed E-state index contributed by atoms with van der Waals surface area (Å²) in [5.74, 6) is 1.47. The Kier molecular flexibility index (Phi) is 7.32. The summed E-state index contributed by atoms with van der Waals surface area (Å²) in [4.78, 5) is 0. The van der Waals surface area contributed by atoms with E-state index in [1.54, 1.807) is 7.11 Å². The van der Waals surface area contributed by atoms with Crippen molar-refractivity contribution in [1.29, 1.82) is 0 Å². The Morgan fingerprint density at radius 2 is 2.11 bits per heavy atom. The Morgan fingerprint density at radius 1 is 1.33 bits per heavy atom. The maximum Gasteiger partial charge on any atom is 0.119 e. The zero-order valence-electron chi connectivity index (χ0n) is 11.3. The zero-order valence-corrected chi connectivity index (χ0v) is 12.9. The molecule has 1 N–H and O–H groups in total. The summed E-state index contributed by atoms with van der Waals surface area (Å²) in [7, 11) is 1.71. The van der Waals surface area contributed by atoms with E-state index in [1.165, 1.54) is 5.56 Å². The molecule has 0 fully saturated rings. The normalized spacial score (nSPS) is 10.9. The van der Waals surface area contributed by atoms with Crippen LogP contribution in [0.15, 0.2) is 22.7 Å². The van der Waals surface area contributed by atoms with Crippen molar-refractivity contribution >= 4 is 15.9 Å². The molecule has 1 rings (SSSR count). The molecule has 18 heavy (non-hydrogen) atoms. The molecule has 0 atom stereocenters. The minimum Gasteiger partial charge on any atom is -0.493 e. The van der Waals surface area contributed by atoms with Gasteiger partial charge in [0.15, 0.2) is 0 Å². The predicted octanol–water partition coefficient (Wildman–Crippen LogP) is 3.22. The summed E-state index contributed by atoms with van der Waals surface area (Å²) in [6, 6.07) is 6.10. The molecule has 4 heteroatoms. The van der Waals surface area contributed by atoms with Crippen LogP contribution in [0.1, 0.15) is 19.4 Å². The average Bonchev–Trinajstić information content (AvgIpc) is 2.35. The van der Waals surface area contributed by atoms with Crippen LogP contribution in [0.5, 0.6) is 5.75 Å². The highest BCUT2D eigenvalue weighted by Gasteiger charge is 2.03. The van der Waals surface area contributed by atoms with Crippen LogP contribution < -0.4 is 10.1 Å². The van der Waals surface area contributed by atoms with Crippen molar-refractivity contribution in [2.75, 3.05) is 26.9 Å². The number of methoxy groups -OCH3 is 1. The van der Waals surface area contributed by atoms with E-state index >= 15 is 0 Å². The lowest BCUT2D eigenvalue weighted by molar-refractivity contribution is 0.199. The molecule has 0 aromatic heterocycles. The van der Waals surface area contributed by atoms with E-state index in [1.807, 2.05) is 12.1 Å². The molecule has 1 aromatic carbocycles. The van der Waals surface area contributed by atoms with Gasteiger partial charge < -0.3 is 14.8 Å². The van der Waals surface area contributed by atoms with Gasteiger partial charge in [-0.1, -0.05) is 29.8 Å². The molecule has 0 saturated heterocycles. The van der Waals surface area contributed by atoms with Gasteiger partial charge in [0, 0.05) is 24.7 Å². The summed E-state index contributed by atoms with van der Waals surface area (Å²) >= 11 is 3.55. The van der Waals surface area contributed by atoms with Crippen LogP contribution in [0.25, 0.3) is 0 Å². The molecule has 3 nitrogen and oxygen atoms in total. The summed E-state index contributed by atoms with van der Waals surface area (Å²) in [6.45, 7) is 7.42. The first-order valence-corrected chi connectivity index (χ1v) is 7.03. The lowest BCUT2D eigenvalue weighted by Crippen LogP contribution is -2.18. The molecule has 0 saturated carbocycles. The molecule has 0 aliphatic carbocycles. The fourth-order valence-electron chi connectivity index (χ4n) is 1.44. The van der Waals surface area contributed by atoms with Gasteiger partial charge in [0.1, 0.15) is 5.75 Å². The fourth-order valence-corrected chi connectivity index (χ4v) is 1.82. The fraction of sp³-hybridized carbons (Fsp3) is 0.571. The molecule has 0 amide bonds. The van der Waals surface area contributed by atoms with Gasteiger partial charge in [-0.05, 0) is 29.7 Å². The summed E-state index contributed by atoms with van der Waals surface area (Å²) < 4.78 is 11.8. The van der Waals surface area contributed by atoms with Crippen molar-refractivity contribution in [2.45, 2.75) is 20.4 Å². The molecule has 0 radical (unpaired) electrons. The van der Waals surface area contributed by atoms with Crippen LogP contribution in [0, 0.1) is 5.92 Å². The van der Waals surface area contributed by atoms with Crippen molar-refractivity contribution in [3.63, 3.8) is 0 Å². The van der Waals surface area contributed by atoms with Gasteiger partial charge in [0.2, 0.25) is 0 Å². The molecule has 0 bridgehead atoms. The number of halogens is 1. The molecule has 0 aliphatic heterocycles. The Morgan fingerprint density at radius 3 is 2.78 bits per heavy atom. The topological polar surface area (TPSA) is 30.5 Å². The molecule has 1 aromatic rings. The highest BCUT2D eigenvalue weighted by Crippen LogP contribution is 2.22. The Hall–Kier alpha value is -0.580. The van der Waals surface area contributed by atoms with Gasteiger partial charge in [-0.25, -0.2) is 0 Å². The first-order valence-electron chi connectivity index (χ1n) is 6.24. The number of rotatable bonds is 8. The van der Waals surface area contributed by atoms with Crippen molar-refractivity contribution < 1.29 is 9.47 Å². The highest BCUT2D eigenvalue weighted by molar-refractivity contribution is 9.10. The van der Waals surface area contributed by atoms with Gasteiger partial charge >= 0.3 is 0 Å². The Balaban J connectivity index is 2.52. The molecular weight excluding hydrogens is 294 g/mol. The standard InChI is InChI=1S/C14H22BrNO2/c1-11(2)10-18-13-4-5-14(15)12(8-13)9-16-6-7-17-3/h4-5,8,11,16H,6-7,9-10H2,1-3H3. The van der Waals surface area contributed by atoms with Crippen molar-refractivity contribution in [2.24, 2.45) is 5.92 Å². The average molecular weight is 316 g/mol. The lowest BCUT2D eigenvalue weighted by atomic mass is 10.2. The van der Waals surface area contributed by atoms with Gasteiger partial charge in [0.05, 0.1) is 13.2 Å². The van der Waals surface area contributed by atoms with Crippen LogP contribution in [0.3, 0.4) is 0 Å². The van der Waals surface area contributed by atoms with Crippen LogP contribution in [0.2, 0.25) is 0 Å². The second kappa shape index (κ2) is 8.51. The number of ether oxygens (including phenoxy) is 2. The van der Waals surface area contributed by atoms with E-state index in [4.69, 9.17) is 9.47 Å². The first-order chi connectivity index (χ1) is 8.63. The lowest BCUT2D eigenvalue weighted by Gasteiger charge is -2.12. The summed E-state index contributed by atoms with van der Waals surface area (Å²) in [6.07, 6.45) is 0. The van der Waals surface area contributed by atoms with E-state index in [0.29, 0.717) is 5.92 Å². The SMILES string of the molecule is COCCNCc1cc(OCC(C)C)ccc1Br. The van der Waals surface area contributed by atoms with Gasteiger partial charge in [-0.2, -0.15) is 0 Å². The van der Waals surface area contributed by atoms with Crippen LogP contribution in [-0.2, 0) is 11.3 Å². The first kappa shape index (κ1) is 15.5. The molecule has 0 unspecified atom stereocenters. The van der Waals surface area contributed by atoms with Gasteiger partial charge in [-0.3, -0.25) is 0 Å². The third-order valence-electron chi connectivity index (χ3n) is 2.40. The van der Waals surface area contributed by atoms with E-state index in [-0.39, 0.29) is 0 Å². The van der Waals surface area contributed by atoms with Crippen LogP contribution >= 0.6 is 15.9 Å².